The molecule has 0 aliphatic carbocycles. The number of rotatable bonds is 3. The Morgan fingerprint density at radius 1 is 0.938 bits per heavy atom. The lowest BCUT2D eigenvalue weighted by atomic mass is 10.2. The topological polar surface area (TPSA) is 9.23 Å². The molecule has 0 aromatic heterocycles. The van der Waals surface area contributed by atoms with E-state index in [0.29, 0.717) is 6.61 Å². The lowest BCUT2D eigenvalue weighted by Crippen LogP contribution is -1.95. The first kappa shape index (κ1) is 10.7. The Hall–Kier alpha value is -1.76. The smallest absolute Gasteiger partial charge is 0.119 e. The van der Waals surface area contributed by atoms with Crippen molar-refractivity contribution < 1.29 is 4.74 Å². The van der Waals surface area contributed by atoms with Gasteiger partial charge < -0.3 is 4.74 Å². The van der Waals surface area contributed by atoms with Gasteiger partial charge in [-0.2, -0.15) is 0 Å². The molecule has 0 N–H and O–H groups in total. The van der Waals surface area contributed by atoms with Crippen molar-refractivity contribution in [3.05, 3.63) is 72.1 Å². The maximum absolute atomic E-state index is 5.66. The van der Waals surface area contributed by atoms with E-state index >= 15 is 0 Å². The van der Waals surface area contributed by atoms with E-state index in [0.717, 1.165) is 11.3 Å². The third-order valence-electron chi connectivity index (χ3n) is 2.45. The summed E-state index contributed by atoms with van der Waals surface area (Å²) in [4.78, 5) is 0. The molecular formula is C15H15O. The van der Waals surface area contributed by atoms with Crippen LogP contribution in [0.3, 0.4) is 0 Å². The minimum absolute atomic E-state index is 0.608. The molecule has 0 spiro atoms. The van der Waals surface area contributed by atoms with Gasteiger partial charge in [-0.1, -0.05) is 42.0 Å². The maximum atomic E-state index is 5.66. The summed E-state index contributed by atoms with van der Waals surface area (Å²) < 4.78 is 5.66. The molecule has 0 atom stereocenters. The zero-order valence-electron chi connectivity index (χ0n) is 9.44. The number of hydrogen-bond acceptors (Lipinski definition) is 1. The SMILES string of the molecule is [CH2]c1ccc(OCc2ccc(C)cc2)cc1. The van der Waals surface area contributed by atoms with Crippen molar-refractivity contribution in [2.75, 3.05) is 0 Å². The van der Waals surface area contributed by atoms with Crippen molar-refractivity contribution in [3.63, 3.8) is 0 Å². The molecule has 16 heavy (non-hydrogen) atoms. The first-order chi connectivity index (χ1) is 7.74. The summed E-state index contributed by atoms with van der Waals surface area (Å²) in [6.07, 6.45) is 0. The molecule has 1 heteroatoms. The van der Waals surface area contributed by atoms with Crippen LogP contribution in [-0.2, 0) is 6.61 Å². The number of hydrogen-bond donors (Lipinski definition) is 0. The number of ether oxygens (including phenoxy) is 1. The van der Waals surface area contributed by atoms with Crippen molar-refractivity contribution in [2.24, 2.45) is 0 Å². The van der Waals surface area contributed by atoms with Crippen LogP contribution >= 0.6 is 0 Å². The second kappa shape index (κ2) is 4.84. The van der Waals surface area contributed by atoms with Gasteiger partial charge in [0.25, 0.3) is 0 Å². The van der Waals surface area contributed by atoms with Crippen molar-refractivity contribution in [1.29, 1.82) is 0 Å². The van der Waals surface area contributed by atoms with Crippen LogP contribution in [-0.4, -0.2) is 0 Å². The molecule has 0 saturated heterocycles. The fourth-order valence-electron chi connectivity index (χ4n) is 1.44. The highest BCUT2D eigenvalue weighted by molar-refractivity contribution is 5.29. The lowest BCUT2D eigenvalue weighted by Gasteiger charge is -2.06. The Morgan fingerprint density at radius 2 is 1.56 bits per heavy atom. The van der Waals surface area contributed by atoms with Crippen LogP contribution in [0.5, 0.6) is 5.75 Å². The highest BCUT2D eigenvalue weighted by Crippen LogP contribution is 2.13. The zero-order chi connectivity index (χ0) is 11.4. The van der Waals surface area contributed by atoms with E-state index in [1.165, 1.54) is 11.1 Å². The van der Waals surface area contributed by atoms with Gasteiger partial charge in [-0.25, -0.2) is 0 Å². The summed E-state index contributed by atoms with van der Waals surface area (Å²) in [6, 6.07) is 16.1. The summed E-state index contributed by atoms with van der Waals surface area (Å²) in [5.74, 6) is 0.882. The molecule has 1 nitrogen and oxygen atoms in total. The summed E-state index contributed by atoms with van der Waals surface area (Å²) in [5, 5.41) is 0. The van der Waals surface area contributed by atoms with E-state index in [1.807, 2.05) is 24.3 Å². The summed E-state index contributed by atoms with van der Waals surface area (Å²) >= 11 is 0. The van der Waals surface area contributed by atoms with E-state index in [2.05, 4.69) is 38.1 Å². The minimum Gasteiger partial charge on any atom is -0.489 e. The molecule has 2 aromatic rings. The average Bonchev–Trinajstić information content (AvgIpc) is 2.30. The molecule has 0 bridgehead atoms. The second-order valence-corrected chi connectivity index (χ2v) is 3.92. The van der Waals surface area contributed by atoms with Crippen LogP contribution in [0.15, 0.2) is 48.5 Å². The van der Waals surface area contributed by atoms with Gasteiger partial charge in [0, 0.05) is 0 Å². The van der Waals surface area contributed by atoms with Crippen molar-refractivity contribution >= 4 is 0 Å². The Balaban J connectivity index is 1.97. The largest absolute Gasteiger partial charge is 0.489 e. The molecule has 2 aromatic carbocycles. The van der Waals surface area contributed by atoms with E-state index < -0.39 is 0 Å². The van der Waals surface area contributed by atoms with E-state index in [9.17, 15) is 0 Å². The molecule has 0 fully saturated rings. The Labute approximate surface area is 96.7 Å². The average molecular weight is 211 g/mol. The Morgan fingerprint density at radius 3 is 2.19 bits per heavy atom. The lowest BCUT2D eigenvalue weighted by molar-refractivity contribution is 0.306. The summed E-state index contributed by atoms with van der Waals surface area (Å²) in [7, 11) is 0. The normalized spacial score (nSPS) is 10.1. The molecule has 1 radical (unpaired) electrons. The quantitative estimate of drug-likeness (QED) is 0.751. The van der Waals surface area contributed by atoms with E-state index in [4.69, 9.17) is 4.74 Å². The number of benzene rings is 2. The molecule has 2 rings (SSSR count). The van der Waals surface area contributed by atoms with E-state index in [1.54, 1.807) is 0 Å². The van der Waals surface area contributed by atoms with Crippen molar-refractivity contribution in [3.8, 4) is 5.75 Å². The van der Waals surface area contributed by atoms with Crippen molar-refractivity contribution in [1.82, 2.24) is 0 Å². The van der Waals surface area contributed by atoms with E-state index in [-0.39, 0.29) is 0 Å². The molecule has 0 amide bonds. The van der Waals surface area contributed by atoms with Crippen LogP contribution in [0, 0.1) is 13.8 Å². The first-order valence-electron chi connectivity index (χ1n) is 5.34. The molecule has 0 aliphatic heterocycles. The molecular weight excluding hydrogens is 196 g/mol. The highest BCUT2D eigenvalue weighted by Gasteiger charge is 1.95. The Kier molecular flexibility index (Phi) is 3.25. The van der Waals surface area contributed by atoms with Gasteiger partial charge in [-0.3, -0.25) is 0 Å². The number of aryl methyl sites for hydroxylation is 1. The maximum Gasteiger partial charge on any atom is 0.119 e. The van der Waals surface area contributed by atoms with Crippen LogP contribution in [0.1, 0.15) is 16.7 Å². The van der Waals surface area contributed by atoms with Crippen LogP contribution in [0.4, 0.5) is 0 Å². The fourth-order valence-corrected chi connectivity index (χ4v) is 1.44. The van der Waals surface area contributed by atoms with Gasteiger partial charge in [0.15, 0.2) is 0 Å². The van der Waals surface area contributed by atoms with Gasteiger partial charge in [0.05, 0.1) is 0 Å². The van der Waals surface area contributed by atoms with Gasteiger partial charge in [0.1, 0.15) is 12.4 Å². The summed E-state index contributed by atoms with van der Waals surface area (Å²) in [6.45, 7) is 6.52. The molecule has 0 saturated carbocycles. The van der Waals surface area contributed by atoms with Gasteiger partial charge in [-0.05, 0) is 37.1 Å². The zero-order valence-corrected chi connectivity index (χ0v) is 9.44. The second-order valence-electron chi connectivity index (χ2n) is 3.92. The minimum atomic E-state index is 0.608. The summed E-state index contributed by atoms with van der Waals surface area (Å²) in [5.41, 5.74) is 3.46. The predicted octanol–water partition coefficient (Wildman–Crippen LogP) is 3.76. The molecule has 81 valence electrons. The molecule has 0 heterocycles. The predicted molar refractivity (Wildman–Crippen MR) is 66.4 cm³/mol. The van der Waals surface area contributed by atoms with Crippen LogP contribution < -0.4 is 4.74 Å². The highest BCUT2D eigenvalue weighted by atomic mass is 16.5. The molecule has 0 unspecified atom stereocenters. The van der Waals surface area contributed by atoms with Gasteiger partial charge in [0.2, 0.25) is 0 Å². The van der Waals surface area contributed by atoms with Crippen LogP contribution in [0.2, 0.25) is 0 Å². The Bertz CT molecular complexity index is 394. The molecule has 0 aliphatic rings. The fraction of sp³-hybridized carbons (Fsp3) is 0.133. The van der Waals surface area contributed by atoms with Gasteiger partial charge in [-0.15, -0.1) is 0 Å². The van der Waals surface area contributed by atoms with Crippen LogP contribution in [0.25, 0.3) is 0 Å². The third kappa shape index (κ3) is 2.86. The van der Waals surface area contributed by atoms with Gasteiger partial charge >= 0.3 is 0 Å². The monoisotopic (exact) mass is 211 g/mol. The first-order valence-corrected chi connectivity index (χ1v) is 5.34. The van der Waals surface area contributed by atoms with Crippen molar-refractivity contribution in [2.45, 2.75) is 13.5 Å². The third-order valence-corrected chi connectivity index (χ3v) is 2.45. The standard InChI is InChI=1S/C15H15O/c1-12-3-7-14(8-4-12)11-16-15-9-5-13(2)6-10-15/h3-10H,2,11H2,1H3.